The lowest BCUT2D eigenvalue weighted by Crippen LogP contribution is -2.38. The number of piperidine rings is 1. The fraction of sp³-hybridized carbons (Fsp3) is 0.500. The molecule has 26 heavy (non-hydrogen) atoms. The van der Waals surface area contributed by atoms with Crippen LogP contribution in [0, 0.1) is 0 Å². The number of hydrogen-bond donors (Lipinski definition) is 1. The minimum atomic E-state index is -4.82. The fourth-order valence-corrected chi connectivity index (χ4v) is 3.55. The lowest BCUT2D eigenvalue weighted by molar-refractivity contribution is -0.142. The van der Waals surface area contributed by atoms with Crippen LogP contribution in [0.1, 0.15) is 51.8 Å². The first-order chi connectivity index (χ1) is 12.1. The minimum absolute atomic E-state index is 0. The standard InChI is InChI=1S/C18H18F6N2.2H2/c1-10(14-7-2-3-8-25-14)12-9-15(18(22,23)24)26-16-11(12)5-4-6-13(16)17(19,20)21;;/h4-6,9-10,14,25H,2-3,7-8H2,1H3;2*1H. The van der Waals surface area contributed by atoms with Crippen LogP contribution in [-0.2, 0) is 12.4 Å². The molecule has 3 rings (SSSR count). The Morgan fingerprint density at radius 2 is 1.85 bits per heavy atom. The average molecular weight is 380 g/mol. The highest BCUT2D eigenvalue weighted by Gasteiger charge is 2.38. The highest BCUT2D eigenvalue weighted by molar-refractivity contribution is 5.86. The summed E-state index contributed by atoms with van der Waals surface area (Å²) in [6.07, 6.45) is -6.91. The smallest absolute Gasteiger partial charge is 0.313 e. The number of rotatable bonds is 2. The summed E-state index contributed by atoms with van der Waals surface area (Å²) in [7, 11) is 0. The fourth-order valence-electron chi connectivity index (χ4n) is 3.55. The van der Waals surface area contributed by atoms with Gasteiger partial charge in [-0.25, -0.2) is 4.98 Å². The summed E-state index contributed by atoms with van der Waals surface area (Å²) < 4.78 is 79.7. The van der Waals surface area contributed by atoms with E-state index in [9.17, 15) is 26.3 Å². The van der Waals surface area contributed by atoms with Crippen LogP contribution in [-0.4, -0.2) is 17.6 Å². The van der Waals surface area contributed by atoms with Crippen LogP contribution in [0.4, 0.5) is 26.3 Å². The van der Waals surface area contributed by atoms with Gasteiger partial charge < -0.3 is 5.32 Å². The lowest BCUT2D eigenvalue weighted by atomic mass is 9.85. The molecule has 0 aliphatic carbocycles. The van der Waals surface area contributed by atoms with E-state index in [-0.39, 0.29) is 25.8 Å². The van der Waals surface area contributed by atoms with Gasteiger partial charge in [0.2, 0.25) is 0 Å². The summed E-state index contributed by atoms with van der Waals surface area (Å²) in [4.78, 5) is 3.34. The van der Waals surface area contributed by atoms with E-state index in [2.05, 4.69) is 10.3 Å². The second kappa shape index (κ2) is 6.72. The third-order valence-electron chi connectivity index (χ3n) is 4.91. The van der Waals surface area contributed by atoms with Crippen LogP contribution in [0.3, 0.4) is 0 Å². The van der Waals surface area contributed by atoms with Crippen LogP contribution in [0.5, 0.6) is 0 Å². The molecule has 1 aliphatic heterocycles. The van der Waals surface area contributed by atoms with Crippen molar-refractivity contribution >= 4 is 10.9 Å². The Balaban J connectivity index is 0.00000196. The molecule has 1 N–H and O–H groups in total. The quantitative estimate of drug-likeness (QED) is 0.646. The van der Waals surface area contributed by atoms with Crippen molar-refractivity contribution in [2.45, 2.75) is 50.5 Å². The largest absolute Gasteiger partial charge is 0.433 e. The second-order valence-electron chi connectivity index (χ2n) is 6.64. The van der Waals surface area contributed by atoms with Gasteiger partial charge in [-0.05, 0) is 43.0 Å². The number of para-hydroxylation sites is 1. The first-order valence-corrected chi connectivity index (χ1v) is 8.40. The first-order valence-electron chi connectivity index (χ1n) is 8.40. The molecule has 1 saturated heterocycles. The van der Waals surface area contributed by atoms with Crippen LogP contribution < -0.4 is 5.32 Å². The van der Waals surface area contributed by atoms with Gasteiger partial charge in [0.15, 0.2) is 0 Å². The molecule has 2 unspecified atom stereocenters. The Hall–Kier alpha value is -1.83. The van der Waals surface area contributed by atoms with Gasteiger partial charge in [0.25, 0.3) is 0 Å². The molecule has 0 bridgehead atoms. The molecule has 0 amide bonds. The lowest BCUT2D eigenvalue weighted by Gasteiger charge is -2.30. The number of hydrogen-bond acceptors (Lipinski definition) is 2. The van der Waals surface area contributed by atoms with Gasteiger partial charge in [0.05, 0.1) is 11.1 Å². The molecular formula is C18H22F6N2. The molecule has 2 aromatic rings. The van der Waals surface area contributed by atoms with Crippen molar-refractivity contribution in [2.75, 3.05) is 6.54 Å². The Bertz CT molecular complexity index is 801. The third kappa shape index (κ3) is 3.65. The zero-order chi connectivity index (χ0) is 19.1. The van der Waals surface area contributed by atoms with Crippen molar-refractivity contribution in [1.82, 2.24) is 10.3 Å². The number of benzene rings is 1. The molecule has 2 atom stereocenters. The maximum Gasteiger partial charge on any atom is 0.433 e. The number of aromatic nitrogens is 1. The number of alkyl halides is 6. The summed E-state index contributed by atoms with van der Waals surface area (Å²) in [6, 6.07) is 4.20. The first kappa shape index (κ1) is 18.9. The van der Waals surface area contributed by atoms with Gasteiger partial charge >= 0.3 is 12.4 Å². The van der Waals surface area contributed by atoms with E-state index in [1.54, 1.807) is 6.92 Å². The van der Waals surface area contributed by atoms with Gasteiger partial charge in [-0.3, -0.25) is 0 Å². The van der Waals surface area contributed by atoms with Crippen LogP contribution in [0.2, 0.25) is 0 Å². The normalized spacial score (nSPS) is 20.3. The number of pyridine rings is 1. The molecule has 1 aromatic carbocycles. The summed E-state index contributed by atoms with van der Waals surface area (Å²) in [6.45, 7) is 2.50. The predicted octanol–water partition coefficient (Wildman–Crippen LogP) is 6.01. The average Bonchev–Trinajstić information content (AvgIpc) is 2.58. The summed E-state index contributed by atoms with van der Waals surface area (Å²) in [5, 5.41) is 3.38. The van der Waals surface area contributed by atoms with Gasteiger partial charge in [-0.2, -0.15) is 26.3 Å². The number of nitrogens with zero attached hydrogens (tertiary/aromatic N) is 1. The monoisotopic (exact) mass is 380 g/mol. The Morgan fingerprint density at radius 1 is 1.12 bits per heavy atom. The highest BCUT2D eigenvalue weighted by atomic mass is 19.4. The van der Waals surface area contributed by atoms with Gasteiger partial charge in [-0.1, -0.05) is 25.5 Å². The van der Waals surface area contributed by atoms with E-state index in [1.165, 1.54) is 12.1 Å². The molecule has 2 nitrogen and oxygen atoms in total. The zero-order valence-corrected chi connectivity index (χ0v) is 14.0. The van der Waals surface area contributed by atoms with Gasteiger partial charge in [-0.15, -0.1) is 0 Å². The maximum atomic E-state index is 13.3. The van der Waals surface area contributed by atoms with E-state index in [0.29, 0.717) is 0 Å². The summed E-state index contributed by atoms with van der Waals surface area (Å²) >= 11 is 0. The SMILES string of the molecule is CC(c1cc(C(F)(F)F)nc2c(C(F)(F)F)cccc12)C1CCCCN1.[HH].[HH]. The maximum absolute atomic E-state index is 13.3. The molecular weight excluding hydrogens is 358 g/mol. The summed E-state index contributed by atoms with van der Waals surface area (Å²) in [5.41, 5.74) is -2.84. The van der Waals surface area contributed by atoms with E-state index in [0.717, 1.165) is 37.9 Å². The Labute approximate surface area is 149 Å². The van der Waals surface area contributed by atoms with Crippen molar-refractivity contribution in [1.29, 1.82) is 0 Å². The molecule has 2 heterocycles. The molecule has 0 radical (unpaired) electrons. The van der Waals surface area contributed by atoms with Crippen molar-refractivity contribution in [3.63, 3.8) is 0 Å². The van der Waals surface area contributed by atoms with Crippen molar-refractivity contribution in [2.24, 2.45) is 0 Å². The van der Waals surface area contributed by atoms with E-state index < -0.39 is 29.1 Å². The number of fused-ring (bicyclic) bond motifs is 1. The van der Waals surface area contributed by atoms with E-state index in [1.807, 2.05) is 0 Å². The number of halogens is 6. The Morgan fingerprint density at radius 3 is 2.42 bits per heavy atom. The van der Waals surface area contributed by atoms with E-state index in [4.69, 9.17) is 0 Å². The second-order valence-corrected chi connectivity index (χ2v) is 6.64. The molecule has 1 aromatic heterocycles. The highest BCUT2D eigenvalue weighted by Crippen LogP contribution is 2.40. The molecule has 146 valence electrons. The Kier molecular flexibility index (Phi) is 4.90. The molecule has 1 aliphatic rings. The molecule has 1 fully saturated rings. The molecule has 0 spiro atoms. The van der Waals surface area contributed by atoms with E-state index >= 15 is 0 Å². The summed E-state index contributed by atoms with van der Waals surface area (Å²) in [5.74, 6) is -0.370. The van der Waals surface area contributed by atoms with Crippen molar-refractivity contribution in [3.05, 3.63) is 41.1 Å². The van der Waals surface area contributed by atoms with Crippen LogP contribution in [0.15, 0.2) is 24.3 Å². The van der Waals surface area contributed by atoms with Crippen LogP contribution >= 0.6 is 0 Å². The predicted molar refractivity (Wildman–Crippen MR) is 90.0 cm³/mol. The third-order valence-corrected chi connectivity index (χ3v) is 4.91. The zero-order valence-electron chi connectivity index (χ0n) is 14.0. The van der Waals surface area contributed by atoms with Gasteiger partial charge in [0, 0.05) is 14.3 Å². The van der Waals surface area contributed by atoms with Gasteiger partial charge in [0.1, 0.15) is 5.69 Å². The molecule has 8 heteroatoms. The number of nitrogens with one attached hydrogen (secondary N) is 1. The van der Waals surface area contributed by atoms with Crippen molar-refractivity contribution < 1.29 is 29.2 Å². The molecule has 0 saturated carbocycles. The minimum Gasteiger partial charge on any atom is -0.313 e. The van der Waals surface area contributed by atoms with Crippen LogP contribution in [0.25, 0.3) is 10.9 Å². The van der Waals surface area contributed by atoms with Crippen molar-refractivity contribution in [3.8, 4) is 0 Å². The topological polar surface area (TPSA) is 24.9 Å².